The molecular weight excluding hydrogens is 459 g/mol. The third kappa shape index (κ3) is 5.57. The molecule has 1 aromatic carbocycles. The third-order valence-electron chi connectivity index (χ3n) is 5.88. The third-order valence-corrected chi connectivity index (χ3v) is 5.88. The van der Waals surface area contributed by atoms with E-state index in [-0.39, 0.29) is 18.1 Å². The summed E-state index contributed by atoms with van der Waals surface area (Å²) in [5.41, 5.74) is 1.78. The van der Waals surface area contributed by atoms with Gasteiger partial charge >= 0.3 is 6.18 Å². The number of allylic oxidation sites excluding steroid dienone is 4. The van der Waals surface area contributed by atoms with Crippen molar-refractivity contribution in [3.8, 4) is 16.9 Å². The molecule has 1 N–H and O–H groups in total. The summed E-state index contributed by atoms with van der Waals surface area (Å²) in [4.78, 5) is 20.1. The highest BCUT2D eigenvalue weighted by Crippen LogP contribution is 2.37. The molecule has 0 spiro atoms. The largest absolute Gasteiger partial charge is 0.487 e. The van der Waals surface area contributed by atoms with Crippen LogP contribution in [0.1, 0.15) is 24.6 Å². The standard InChI is InChI=1S/C26H26F3N3O3/c1-3-5-19(26(27,28)29)6-4-13-35-24-20(18-7-10-22(33)32(2)16-18)8-9-21-23(24)31-25(30-21)17-11-14-34-15-12-17/h3-10,16-17H,1,11-15H2,2H3,(H,30,31)/b6-4-,19-5+. The first-order valence-corrected chi connectivity index (χ1v) is 11.2. The lowest BCUT2D eigenvalue weighted by molar-refractivity contribution is -0.0882. The number of rotatable bonds is 7. The number of nitrogens with one attached hydrogen (secondary N) is 1. The molecule has 1 saturated heterocycles. The van der Waals surface area contributed by atoms with E-state index in [4.69, 9.17) is 14.5 Å². The van der Waals surface area contributed by atoms with Crippen molar-refractivity contribution in [2.75, 3.05) is 19.8 Å². The first-order valence-electron chi connectivity index (χ1n) is 11.2. The fraction of sp³-hybridized carbons (Fsp3) is 0.308. The van der Waals surface area contributed by atoms with E-state index < -0.39 is 11.7 Å². The van der Waals surface area contributed by atoms with Crippen molar-refractivity contribution in [2.24, 2.45) is 7.05 Å². The fourth-order valence-electron chi connectivity index (χ4n) is 4.04. The molecular formula is C26H26F3N3O3. The van der Waals surface area contributed by atoms with Crippen LogP contribution in [0.15, 0.2) is 71.7 Å². The topological polar surface area (TPSA) is 69.1 Å². The summed E-state index contributed by atoms with van der Waals surface area (Å²) >= 11 is 0. The molecule has 6 nitrogen and oxygen atoms in total. The van der Waals surface area contributed by atoms with Gasteiger partial charge < -0.3 is 19.0 Å². The van der Waals surface area contributed by atoms with Gasteiger partial charge in [-0.15, -0.1) is 0 Å². The number of aromatic amines is 1. The lowest BCUT2D eigenvalue weighted by Gasteiger charge is -2.19. The van der Waals surface area contributed by atoms with E-state index in [9.17, 15) is 18.0 Å². The second-order valence-electron chi connectivity index (χ2n) is 8.28. The first-order chi connectivity index (χ1) is 16.8. The SMILES string of the molecule is C=C/C=C(\C=C/COc1c(-c2ccc(=O)n(C)c2)ccc2[nH]c(C3CCOCC3)nc12)C(F)(F)F. The molecule has 3 aromatic rings. The molecule has 0 unspecified atom stereocenters. The highest BCUT2D eigenvalue weighted by Gasteiger charge is 2.31. The predicted molar refractivity (Wildman–Crippen MR) is 129 cm³/mol. The van der Waals surface area contributed by atoms with Crippen molar-refractivity contribution in [1.82, 2.24) is 14.5 Å². The molecule has 0 aliphatic carbocycles. The molecule has 3 heterocycles. The average Bonchev–Trinajstić information content (AvgIpc) is 3.27. The van der Waals surface area contributed by atoms with Gasteiger partial charge in [0.1, 0.15) is 17.9 Å². The van der Waals surface area contributed by atoms with Gasteiger partial charge in [0.2, 0.25) is 5.56 Å². The Bertz CT molecular complexity index is 1330. The lowest BCUT2D eigenvalue weighted by atomic mass is 10.00. The summed E-state index contributed by atoms with van der Waals surface area (Å²) < 4.78 is 52.3. The van der Waals surface area contributed by atoms with Crippen LogP contribution < -0.4 is 10.3 Å². The monoisotopic (exact) mass is 485 g/mol. The van der Waals surface area contributed by atoms with Gasteiger partial charge in [0, 0.05) is 49.6 Å². The zero-order valence-electron chi connectivity index (χ0n) is 19.3. The van der Waals surface area contributed by atoms with Crippen molar-refractivity contribution in [3.05, 3.63) is 83.1 Å². The van der Waals surface area contributed by atoms with Crippen LogP contribution in [-0.4, -0.2) is 40.5 Å². The number of nitrogens with zero attached hydrogens (tertiary/aromatic N) is 2. The van der Waals surface area contributed by atoms with Crippen LogP contribution in [-0.2, 0) is 11.8 Å². The second-order valence-corrected chi connectivity index (χ2v) is 8.28. The van der Waals surface area contributed by atoms with Crippen LogP contribution in [0, 0.1) is 0 Å². The molecule has 1 aliphatic heterocycles. The van der Waals surface area contributed by atoms with Crippen LogP contribution in [0.25, 0.3) is 22.2 Å². The van der Waals surface area contributed by atoms with E-state index >= 15 is 0 Å². The number of pyridine rings is 1. The molecule has 9 heteroatoms. The molecule has 4 rings (SSSR count). The van der Waals surface area contributed by atoms with Gasteiger partial charge in [-0.3, -0.25) is 4.79 Å². The van der Waals surface area contributed by atoms with Crippen molar-refractivity contribution < 1.29 is 22.6 Å². The molecule has 0 saturated carbocycles. The number of ether oxygens (including phenoxy) is 2. The number of hydrogen-bond donors (Lipinski definition) is 1. The highest BCUT2D eigenvalue weighted by molar-refractivity contribution is 5.90. The van der Waals surface area contributed by atoms with Gasteiger partial charge in [-0.05, 0) is 37.1 Å². The molecule has 1 aliphatic rings. The number of benzene rings is 1. The Morgan fingerprint density at radius 1 is 1.29 bits per heavy atom. The molecule has 0 atom stereocenters. The number of aromatic nitrogens is 3. The maximum Gasteiger partial charge on any atom is 0.416 e. The summed E-state index contributed by atoms with van der Waals surface area (Å²) in [5, 5.41) is 0. The maximum absolute atomic E-state index is 13.1. The van der Waals surface area contributed by atoms with Gasteiger partial charge in [0.05, 0.1) is 11.1 Å². The van der Waals surface area contributed by atoms with Crippen molar-refractivity contribution in [2.45, 2.75) is 24.9 Å². The number of halogens is 3. The van der Waals surface area contributed by atoms with E-state index in [1.165, 1.54) is 16.7 Å². The zero-order chi connectivity index (χ0) is 25.0. The van der Waals surface area contributed by atoms with Gasteiger partial charge in [0.25, 0.3) is 0 Å². The van der Waals surface area contributed by atoms with E-state index in [1.807, 2.05) is 12.1 Å². The molecule has 35 heavy (non-hydrogen) atoms. The Kier molecular flexibility index (Phi) is 7.25. The van der Waals surface area contributed by atoms with Crippen molar-refractivity contribution in [3.63, 3.8) is 0 Å². The van der Waals surface area contributed by atoms with Crippen LogP contribution in [0.4, 0.5) is 13.2 Å². The maximum atomic E-state index is 13.1. The molecule has 0 radical (unpaired) electrons. The number of fused-ring (bicyclic) bond motifs is 1. The molecule has 1 fully saturated rings. The Morgan fingerprint density at radius 3 is 2.74 bits per heavy atom. The minimum Gasteiger partial charge on any atom is -0.487 e. The predicted octanol–water partition coefficient (Wildman–Crippen LogP) is 5.43. The Hall–Kier alpha value is -3.59. The summed E-state index contributed by atoms with van der Waals surface area (Å²) in [7, 11) is 1.65. The van der Waals surface area contributed by atoms with Crippen molar-refractivity contribution in [1.29, 1.82) is 0 Å². The second kappa shape index (κ2) is 10.4. The zero-order valence-corrected chi connectivity index (χ0v) is 19.3. The summed E-state index contributed by atoms with van der Waals surface area (Å²) in [6, 6.07) is 6.89. The van der Waals surface area contributed by atoms with Crippen LogP contribution in [0.5, 0.6) is 5.75 Å². The van der Waals surface area contributed by atoms with Crippen LogP contribution >= 0.6 is 0 Å². The summed E-state index contributed by atoms with van der Waals surface area (Å²) in [6.07, 6.45) is 3.15. The molecule has 0 bridgehead atoms. The molecule has 0 amide bonds. The quantitative estimate of drug-likeness (QED) is 0.453. The lowest BCUT2D eigenvalue weighted by Crippen LogP contribution is -2.15. The summed E-state index contributed by atoms with van der Waals surface area (Å²) in [5.74, 6) is 1.49. The van der Waals surface area contributed by atoms with E-state index in [1.54, 1.807) is 19.3 Å². The van der Waals surface area contributed by atoms with E-state index in [2.05, 4.69) is 11.6 Å². The molecule has 184 valence electrons. The number of imidazole rings is 1. The number of aryl methyl sites for hydroxylation is 1. The van der Waals surface area contributed by atoms with Gasteiger partial charge in [-0.1, -0.05) is 24.8 Å². The Labute approximate surface area is 200 Å². The van der Waals surface area contributed by atoms with Gasteiger partial charge in [0.15, 0.2) is 5.75 Å². The average molecular weight is 486 g/mol. The van der Waals surface area contributed by atoms with Crippen LogP contribution in [0.2, 0.25) is 0 Å². The fourth-order valence-corrected chi connectivity index (χ4v) is 4.04. The Balaban J connectivity index is 1.72. The Morgan fingerprint density at radius 2 is 2.06 bits per heavy atom. The normalized spacial score (nSPS) is 15.7. The van der Waals surface area contributed by atoms with E-state index in [0.29, 0.717) is 30.0 Å². The van der Waals surface area contributed by atoms with Gasteiger partial charge in [-0.2, -0.15) is 13.2 Å². The minimum atomic E-state index is -4.49. The van der Waals surface area contributed by atoms with Crippen LogP contribution in [0.3, 0.4) is 0 Å². The van der Waals surface area contributed by atoms with E-state index in [0.717, 1.165) is 48.0 Å². The highest BCUT2D eigenvalue weighted by atomic mass is 19.4. The molecule has 2 aromatic heterocycles. The van der Waals surface area contributed by atoms with Gasteiger partial charge in [-0.25, -0.2) is 4.98 Å². The summed E-state index contributed by atoms with van der Waals surface area (Å²) in [6.45, 7) is 4.56. The number of alkyl halides is 3. The first kappa shape index (κ1) is 24.5. The number of hydrogen-bond acceptors (Lipinski definition) is 4. The van der Waals surface area contributed by atoms with Crippen molar-refractivity contribution >= 4 is 11.0 Å². The minimum absolute atomic E-state index is 0.109. The number of H-pyrrole nitrogens is 1. The smallest absolute Gasteiger partial charge is 0.416 e.